The molecule has 6 nitrogen and oxygen atoms in total. The van der Waals surface area contributed by atoms with Gasteiger partial charge >= 0.3 is 0 Å². The van der Waals surface area contributed by atoms with E-state index in [1.165, 1.54) is 24.3 Å². The molecular formula is C19H22F2N2O4. The Hall–Kier alpha value is -3.00. The second kappa shape index (κ2) is 10.2. The number of likely N-dealkylation sites (N-methyl/N-ethyl adjacent to an activating group) is 1. The summed E-state index contributed by atoms with van der Waals surface area (Å²) in [5.41, 5.74) is 0.594. The molecule has 0 atom stereocenters. The number of hydrogen-bond acceptors (Lipinski definition) is 4. The summed E-state index contributed by atoms with van der Waals surface area (Å²) >= 11 is 0. The highest BCUT2D eigenvalue weighted by molar-refractivity contribution is 5.98. The second-order valence-corrected chi connectivity index (χ2v) is 5.93. The summed E-state index contributed by atoms with van der Waals surface area (Å²) in [5, 5.41) is 19.9. The third kappa shape index (κ3) is 7.41. The highest BCUT2D eigenvalue weighted by Crippen LogP contribution is 2.28. The molecule has 8 heteroatoms. The third-order valence-electron chi connectivity index (χ3n) is 3.33. The molecule has 0 unspecified atom stereocenters. The predicted octanol–water partition coefficient (Wildman–Crippen LogP) is 2.72. The molecule has 0 saturated heterocycles. The van der Waals surface area contributed by atoms with E-state index in [0.29, 0.717) is 18.7 Å². The Bertz CT molecular complexity index is 806. The summed E-state index contributed by atoms with van der Waals surface area (Å²) in [6.45, 7) is 2.15. The summed E-state index contributed by atoms with van der Waals surface area (Å²) in [5.74, 6) is -2.88. The zero-order valence-electron chi connectivity index (χ0n) is 15.3. The number of nitrogens with one attached hydrogen (secondary N) is 1. The van der Waals surface area contributed by atoms with Crippen molar-refractivity contribution >= 4 is 11.9 Å². The summed E-state index contributed by atoms with van der Waals surface area (Å²) in [6, 6.07) is 7.39. The fourth-order valence-electron chi connectivity index (χ4n) is 2.10. The topological polar surface area (TPSA) is 89.9 Å². The van der Waals surface area contributed by atoms with E-state index in [4.69, 9.17) is 9.90 Å². The van der Waals surface area contributed by atoms with E-state index in [1.807, 2.05) is 19.0 Å². The largest absolute Gasteiger partial charge is 0.507 e. The third-order valence-corrected chi connectivity index (χ3v) is 3.33. The molecule has 0 aliphatic carbocycles. The van der Waals surface area contributed by atoms with Crippen molar-refractivity contribution in [2.75, 3.05) is 27.2 Å². The molecule has 27 heavy (non-hydrogen) atoms. The van der Waals surface area contributed by atoms with Crippen LogP contribution in [0.3, 0.4) is 0 Å². The van der Waals surface area contributed by atoms with Gasteiger partial charge < -0.3 is 20.4 Å². The van der Waals surface area contributed by atoms with Gasteiger partial charge in [0.25, 0.3) is 11.9 Å². The molecule has 146 valence electrons. The zero-order chi connectivity index (χ0) is 20.6. The van der Waals surface area contributed by atoms with Crippen LogP contribution in [0.2, 0.25) is 0 Å². The highest BCUT2D eigenvalue weighted by atomic mass is 19.1. The van der Waals surface area contributed by atoms with Crippen molar-refractivity contribution in [1.82, 2.24) is 10.2 Å². The Balaban J connectivity index is 0.000000828. The minimum absolute atomic E-state index is 0.0463. The smallest absolute Gasteiger partial charge is 0.300 e. The number of aliphatic carboxylic acids is 1. The van der Waals surface area contributed by atoms with Crippen LogP contribution in [0.5, 0.6) is 5.75 Å². The van der Waals surface area contributed by atoms with Gasteiger partial charge in [0, 0.05) is 31.6 Å². The first-order chi connectivity index (χ1) is 12.6. The Morgan fingerprint density at radius 3 is 2.30 bits per heavy atom. The number of carbonyl (C=O) groups is 2. The van der Waals surface area contributed by atoms with Crippen LogP contribution >= 0.6 is 0 Å². The second-order valence-electron chi connectivity index (χ2n) is 5.93. The Morgan fingerprint density at radius 2 is 1.74 bits per heavy atom. The van der Waals surface area contributed by atoms with Gasteiger partial charge in [0.15, 0.2) is 0 Å². The molecule has 0 saturated carbocycles. The number of phenols is 1. The van der Waals surface area contributed by atoms with Crippen LogP contribution in [0.4, 0.5) is 8.78 Å². The lowest BCUT2D eigenvalue weighted by Crippen LogP contribution is -2.31. The van der Waals surface area contributed by atoms with E-state index in [-0.39, 0.29) is 16.9 Å². The number of amides is 1. The monoisotopic (exact) mass is 380 g/mol. The standard InChI is InChI=1S/C17H18F2N2O2.C2H4O2/c1-21(2)8-7-20-17(23)14-9-11(3-6-16(14)22)13-5-4-12(18)10-15(13)19;1-2(3)4/h3-6,9-10,22H,7-8H2,1-2H3,(H,20,23);1H3,(H,3,4). The van der Waals surface area contributed by atoms with Gasteiger partial charge in [-0.3, -0.25) is 9.59 Å². The molecule has 0 bridgehead atoms. The van der Waals surface area contributed by atoms with Crippen LogP contribution in [0.15, 0.2) is 36.4 Å². The maximum Gasteiger partial charge on any atom is 0.300 e. The lowest BCUT2D eigenvalue weighted by atomic mass is 10.0. The summed E-state index contributed by atoms with van der Waals surface area (Å²) in [4.78, 5) is 23.0. The van der Waals surface area contributed by atoms with Gasteiger partial charge in [-0.05, 0) is 43.9 Å². The number of carbonyl (C=O) groups excluding carboxylic acids is 1. The quantitative estimate of drug-likeness (QED) is 0.742. The van der Waals surface area contributed by atoms with Gasteiger partial charge in [0.1, 0.15) is 17.4 Å². The van der Waals surface area contributed by atoms with Crippen LogP contribution < -0.4 is 5.32 Å². The number of phenolic OH excluding ortho intramolecular Hbond substituents is 1. The molecule has 0 radical (unpaired) electrons. The molecule has 2 aromatic carbocycles. The molecule has 1 amide bonds. The van der Waals surface area contributed by atoms with E-state index in [1.54, 1.807) is 0 Å². The fraction of sp³-hybridized carbons (Fsp3) is 0.263. The molecule has 0 aliphatic heterocycles. The molecule has 0 fully saturated rings. The predicted molar refractivity (Wildman–Crippen MR) is 97.7 cm³/mol. The number of nitrogens with zero attached hydrogens (tertiary/aromatic N) is 1. The fourth-order valence-corrected chi connectivity index (χ4v) is 2.10. The Labute approximate surface area is 156 Å². The molecular weight excluding hydrogens is 358 g/mol. The molecule has 0 heterocycles. The minimum Gasteiger partial charge on any atom is -0.507 e. The number of halogens is 2. The number of benzene rings is 2. The first-order valence-corrected chi connectivity index (χ1v) is 8.02. The van der Waals surface area contributed by atoms with Crippen LogP contribution in [0.25, 0.3) is 11.1 Å². The van der Waals surface area contributed by atoms with E-state index in [2.05, 4.69) is 5.32 Å². The zero-order valence-corrected chi connectivity index (χ0v) is 15.3. The van der Waals surface area contributed by atoms with Crippen molar-refractivity contribution in [1.29, 1.82) is 0 Å². The van der Waals surface area contributed by atoms with Gasteiger partial charge in [-0.15, -0.1) is 0 Å². The van der Waals surface area contributed by atoms with Gasteiger partial charge in [-0.25, -0.2) is 8.78 Å². The van der Waals surface area contributed by atoms with Crippen LogP contribution in [0, 0.1) is 11.6 Å². The van der Waals surface area contributed by atoms with Gasteiger partial charge in [-0.1, -0.05) is 6.07 Å². The minimum atomic E-state index is -0.833. The molecule has 3 N–H and O–H groups in total. The summed E-state index contributed by atoms with van der Waals surface area (Å²) in [7, 11) is 3.75. The van der Waals surface area contributed by atoms with E-state index in [9.17, 15) is 18.7 Å². The van der Waals surface area contributed by atoms with Gasteiger partial charge in [-0.2, -0.15) is 0 Å². The van der Waals surface area contributed by atoms with Crippen molar-refractivity contribution in [3.05, 3.63) is 53.6 Å². The number of hydrogen-bond donors (Lipinski definition) is 3. The maximum atomic E-state index is 13.9. The lowest BCUT2D eigenvalue weighted by Gasteiger charge is -2.12. The highest BCUT2D eigenvalue weighted by Gasteiger charge is 2.14. The Morgan fingerprint density at radius 1 is 1.11 bits per heavy atom. The van der Waals surface area contributed by atoms with Crippen molar-refractivity contribution in [2.45, 2.75) is 6.92 Å². The first kappa shape index (κ1) is 22.0. The summed E-state index contributed by atoms with van der Waals surface area (Å²) in [6.07, 6.45) is 0. The summed E-state index contributed by atoms with van der Waals surface area (Å²) < 4.78 is 26.8. The number of rotatable bonds is 5. The SMILES string of the molecule is CC(=O)O.CN(C)CCNC(=O)c1cc(-c2ccc(F)cc2F)ccc1O. The van der Waals surface area contributed by atoms with Crippen LogP contribution in [-0.2, 0) is 4.79 Å². The van der Waals surface area contributed by atoms with Crippen molar-refractivity contribution in [3.63, 3.8) is 0 Å². The first-order valence-electron chi connectivity index (χ1n) is 8.02. The average Bonchev–Trinajstić information content (AvgIpc) is 2.54. The molecule has 0 aliphatic rings. The van der Waals surface area contributed by atoms with Crippen molar-refractivity contribution in [2.24, 2.45) is 0 Å². The molecule has 0 spiro atoms. The molecule has 0 aromatic heterocycles. The van der Waals surface area contributed by atoms with Gasteiger partial charge in [0.2, 0.25) is 0 Å². The number of carboxylic acid groups (broad SMARTS) is 1. The lowest BCUT2D eigenvalue weighted by molar-refractivity contribution is -0.134. The Kier molecular flexibility index (Phi) is 8.34. The van der Waals surface area contributed by atoms with Crippen molar-refractivity contribution < 1.29 is 28.6 Å². The van der Waals surface area contributed by atoms with Crippen LogP contribution in [0.1, 0.15) is 17.3 Å². The van der Waals surface area contributed by atoms with Crippen molar-refractivity contribution in [3.8, 4) is 16.9 Å². The van der Waals surface area contributed by atoms with Crippen LogP contribution in [-0.4, -0.2) is 54.2 Å². The van der Waals surface area contributed by atoms with Gasteiger partial charge in [0.05, 0.1) is 5.56 Å². The maximum absolute atomic E-state index is 13.9. The van der Waals surface area contributed by atoms with E-state index >= 15 is 0 Å². The molecule has 2 rings (SSSR count). The number of aromatic hydroxyl groups is 1. The van der Waals surface area contributed by atoms with E-state index < -0.39 is 23.5 Å². The molecule has 2 aromatic rings. The average molecular weight is 380 g/mol. The number of carboxylic acids is 1. The van der Waals surface area contributed by atoms with E-state index in [0.717, 1.165) is 19.1 Å². The normalized spacial score (nSPS) is 10.1.